The van der Waals surface area contributed by atoms with Gasteiger partial charge in [0.2, 0.25) is 0 Å². The molecule has 0 saturated carbocycles. The molecule has 3 rings (SSSR count). The maximum atomic E-state index is 12.9. The van der Waals surface area contributed by atoms with Crippen LogP contribution in [0.5, 0.6) is 0 Å². The zero-order valence-corrected chi connectivity index (χ0v) is 14.3. The minimum atomic E-state index is -0.739. The van der Waals surface area contributed by atoms with E-state index in [2.05, 4.69) is 10.2 Å². The largest absolute Gasteiger partial charge is 0.388 e. The predicted molar refractivity (Wildman–Crippen MR) is 94.1 cm³/mol. The van der Waals surface area contributed by atoms with Gasteiger partial charge in [0.1, 0.15) is 10.8 Å². The van der Waals surface area contributed by atoms with E-state index in [1.807, 2.05) is 0 Å². The van der Waals surface area contributed by atoms with Gasteiger partial charge in [0.15, 0.2) is 4.34 Å². The van der Waals surface area contributed by atoms with E-state index in [4.69, 9.17) is 0 Å². The first-order valence-electron chi connectivity index (χ1n) is 7.17. The third-order valence-electron chi connectivity index (χ3n) is 3.35. The van der Waals surface area contributed by atoms with E-state index >= 15 is 0 Å². The lowest BCUT2D eigenvalue weighted by molar-refractivity contribution is -0.384. The van der Waals surface area contributed by atoms with Crippen molar-refractivity contribution in [3.05, 3.63) is 70.0 Å². The van der Waals surface area contributed by atoms with E-state index in [-0.39, 0.29) is 11.5 Å². The minimum Gasteiger partial charge on any atom is -0.388 e. The molecule has 1 aromatic heterocycles. The van der Waals surface area contributed by atoms with Gasteiger partial charge in [-0.15, -0.1) is 10.2 Å². The lowest BCUT2D eigenvalue weighted by Crippen LogP contribution is -2.00. The Kier molecular flexibility index (Phi) is 5.37. The normalized spacial score (nSPS) is 12.1. The molecule has 6 nitrogen and oxygen atoms in total. The number of nitro benzene ring substituents is 1. The molecule has 0 fully saturated rings. The SMILES string of the molecule is O=[N+]([O-])c1ccc(-c2nnc(SC[C@H](O)c3ccc(F)cc3)s2)cc1. The molecule has 0 saturated heterocycles. The summed E-state index contributed by atoms with van der Waals surface area (Å²) in [7, 11) is 0. The quantitative estimate of drug-likeness (QED) is 0.396. The molecule has 1 heterocycles. The number of aliphatic hydroxyl groups excluding tert-OH is 1. The molecule has 0 bridgehead atoms. The van der Waals surface area contributed by atoms with Crippen molar-refractivity contribution in [1.29, 1.82) is 0 Å². The van der Waals surface area contributed by atoms with Crippen LogP contribution in [0.3, 0.4) is 0 Å². The summed E-state index contributed by atoms with van der Waals surface area (Å²) in [5.74, 6) is 0.0148. The molecule has 0 aliphatic heterocycles. The predicted octanol–water partition coefficient (Wildman–Crippen LogP) is 4.08. The van der Waals surface area contributed by atoms with Crippen molar-refractivity contribution in [3.8, 4) is 10.6 Å². The minimum absolute atomic E-state index is 0.0188. The molecule has 0 spiro atoms. The van der Waals surface area contributed by atoms with Crippen LogP contribution < -0.4 is 0 Å². The first-order chi connectivity index (χ1) is 12.0. The van der Waals surface area contributed by atoms with Gasteiger partial charge in [0.25, 0.3) is 5.69 Å². The van der Waals surface area contributed by atoms with Crippen LogP contribution in [-0.4, -0.2) is 26.0 Å². The standard InChI is InChI=1S/C16H12FN3O3S2/c17-12-5-1-10(2-6-12)14(21)9-24-16-19-18-15(25-16)11-3-7-13(8-4-11)20(22)23/h1-8,14,21H,9H2/t14-/m0/s1. The summed E-state index contributed by atoms with van der Waals surface area (Å²) < 4.78 is 13.6. The highest BCUT2D eigenvalue weighted by atomic mass is 32.2. The van der Waals surface area contributed by atoms with Gasteiger partial charge in [-0.25, -0.2) is 4.39 Å². The number of nitro groups is 1. The number of benzene rings is 2. The van der Waals surface area contributed by atoms with Crippen LogP contribution in [-0.2, 0) is 0 Å². The Bertz CT molecular complexity index is 869. The average molecular weight is 377 g/mol. The van der Waals surface area contributed by atoms with Crippen LogP contribution in [0.4, 0.5) is 10.1 Å². The van der Waals surface area contributed by atoms with Gasteiger partial charge in [0.05, 0.1) is 11.0 Å². The number of aromatic nitrogens is 2. The zero-order chi connectivity index (χ0) is 17.8. The van der Waals surface area contributed by atoms with Gasteiger partial charge in [-0.3, -0.25) is 10.1 Å². The second kappa shape index (κ2) is 7.68. The molecule has 0 unspecified atom stereocenters. The molecular weight excluding hydrogens is 365 g/mol. The summed E-state index contributed by atoms with van der Waals surface area (Å²) in [5.41, 5.74) is 1.40. The molecule has 0 aliphatic carbocycles. The monoisotopic (exact) mass is 377 g/mol. The molecule has 0 radical (unpaired) electrons. The van der Waals surface area contributed by atoms with Crippen molar-refractivity contribution >= 4 is 28.8 Å². The summed E-state index contributed by atoms with van der Waals surface area (Å²) in [5, 5.41) is 29.6. The highest BCUT2D eigenvalue weighted by Crippen LogP contribution is 2.32. The Morgan fingerprint density at radius 2 is 1.84 bits per heavy atom. The number of hydrogen-bond donors (Lipinski definition) is 1. The molecule has 1 N–H and O–H groups in total. The lowest BCUT2D eigenvalue weighted by Gasteiger charge is -2.08. The number of nitrogens with zero attached hydrogens (tertiary/aromatic N) is 3. The van der Waals surface area contributed by atoms with Crippen molar-refractivity contribution in [3.63, 3.8) is 0 Å². The molecule has 0 amide bonds. The number of halogens is 1. The summed E-state index contributed by atoms with van der Waals surface area (Å²) in [6, 6.07) is 11.8. The van der Waals surface area contributed by atoms with Crippen LogP contribution >= 0.6 is 23.1 Å². The fourth-order valence-corrected chi connectivity index (χ4v) is 3.89. The Morgan fingerprint density at radius 1 is 1.16 bits per heavy atom. The highest BCUT2D eigenvalue weighted by Gasteiger charge is 2.13. The van der Waals surface area contributed by atoms with Gasteiger partial charge in [-0.05, 0) is 29.8 Å². The summed E-state index contributed by atoms with van der Waals surface area (Å²) in [4.78, 5) is 10.2. The number of thioether (sulfide) groups is 1. The van der Waals surface area contributed by atoms with Gasteiger partial charge in [0, 0.05) is 23.4 Å². The molecule has 9 heteroatoms. The van der Waals surface area contributed by atoms with E-state index in [1.54, 1.807) is 24.3 Å². The fraction of sp³-hybridized carbons (Fsp3) is 0.125. The maximum Gasteiger partial charge on any atom is 0.269 e. The van der Waals surface area contributed by atoms with E-state index in [0.29, 0.717) is 20.7 Å². The Morgan fingerprint density at radius 3 is 2.48 bits per heavy atom. The van der Waals surface area contributed by atoms with Crippen molar-refractivity contribution in [2.24, 2.45) is 0 Å². The Hall–Kier alpha value is -2.36. The summed E-state index contributed by atoms with van der Waals surface area (Å²) >= 11 is 2.68. The maximum absolute atomic E-state index is 12.9. The number of non-ortho nitro benzene ring substituents is 1. The van der Waals surface area contributed by atoms with Crippen molar-refractivity contribution in [2.45, 2.75) is 10.4 Å². The summed E-state index contributed by atoms with van der Waals surface area (Å²) in [6.45, 7) is 0. The fourth-order valence-electron chi connectivity index (χ4n) is 2.04. The molecule has 128 valence electrons. The van der Waals surface area contributed by atoms with Gasteiger partial charge < -0.3 is 5.11 Å². The lowest BCUT2D eigenvalue weighted by atomic mass is 10.1. The number of aliphatic hydroxyl groups is 1. The third-order valence-corrected chi connectivity index (χ3v) is 5.53. The Labute approximate surface area is 150 Å². The third kappa shape index (κ3) is 4.38. The van der Waals surface area contributed by atoms with E-state index in [1.165, 1.54) is 47.4 Å². The second-order valence-corrected chi connectivity index (χ2v) is 7.30. The van der Waals surface area contributed by atoms with E-state index in [0.717, 1.165) is 5.56 Å². The summed E-state index contributed by atoms with van der Waals surface area (Å²) in [6.07, 6.45) is -0.739. The smallest absolute Gasteiger partial charge is 0.269 e. The van der Waals surface area contributed by atoms with Crippen molar-refractivity contribution in [1.82, 2.24) is 10.2 Å². The number of rotatable bonds is 6. The van der Waals surface area contributed by atoms with Crippen LogP contribution in [0.15, 0.2) is 52.9 Å². The first kappa shape index (κ1) is 17.5. The molecule has 25 heavy (non-hydrogen) atoms. The first-order valence-corrected chi connectivity index (χ1v) is 8.98. The van der Waals surface area contributed by atoms with Crippen LogP contribution in [0.2, 0.25) is 0 Å². The highest BCUT2D eigenvalue weighted by molar-refractivity contribution is 8.01. The Balaban J connectivity index is 1.63. The van der Waals surface area contributed by atoms with Crippen LogP contribution in [0, 0.1) is 15.9 Å². The van der Waals surface area contributed by atoms with Gasteiger partial charge in [-0.1, -0.05) is 35.2 Å². The molecule has 2 aromatic carbocycles. The van der Waals surface area contributed by atoms with Crippen LogP contribution in [0.25, 0.3) is 10.6 Å². The van der Waals surface area contributed by atoms with Crippen molar-refractivity contribution < 1.29 is 14.4 Å². The van der Waals surface area contributed by atoms with Gasteiger partial charge >= 0.3 is 0 Å². The topological polar surface area (TPSA) is 89.2 Å². The van der Waals surface area contributed by atoms with Crippen molar-refractivity contribution in [2.75, 3.05) is 5.75 Å². The van der Waals surface area contributed by atoms with E-state index < -0.39 is 11.0 Å². The molecule has 1 atom stereocenters. The molecule has 0 aliphatic rings. The molecule has 3 aromatic rings. The average Bonchev–Trinajstić information content (AvgIpc) is 3.09. The van der Waals surface area contributed by atoms with Gasteiger partial charge in [-0.2, -0.15) is 0 Å². The van der Waals surface area contributed by atoms with E-state index in [9.17, 15) is 19.6 Å². The number of hydrogen-bond acceptors (Lipinski definition) is 7. The second-order valence-electron chi connectivity index (χ2n) is 5.06. The van der Waals surface area contributed by atoms with Crippen LogP contribution in [0.1, 0.15) is 11.7 Å². The zero-order valence-electron chi connectivity index (χ0n) is 12.7. The molecular formula is C16H12FN3O3S2.